The van der Waals surface area contributed by atoms with E-state index in [1.165, 1.54) is 19.1 Å². The standard InChI is InChI=1S/C13H12N6O6/c1-8-14-6-12(19(24)25)17(8)7-11(20)15-16-13(21)9-2-4-10(5-3-9)18(22)23/h2-6H,7H2,1H3,(H,15,20)(H,16,21). The first kappa shape index (κ1) is 17.5. The molecule has 0 aliphatic heterocycles. The Morgan fingerprint density at radius 3 is 2.32 bits per heavy atom. The molecule has 0 spiro atoms. The summed E-state index contributed by atoms with van der Waals surface area (Å²) in [6, 6.07) is 4.75. The van der Waals surface area contributed by atoms with Crippen LogP contribution < -0.4 is 10.9 Å². The summed E-state index contributed by atoms with van der Waals surface area (Å²) in [5.74, 6) is -1.49. The van der Waals surface area contributed by atoms with Crippen molar-refractivity contribution in [3.63, 3.8) is 0 Å². The molecule has 1 heterocycles. The molecule has 0 aliphatic rings. The molecular formula is C13H12N6O6. The van der Waals surface area contributed by atoms with Gasteiger partial charge in [0.05, 0.1) is 4.92 Å². The fourth-order valence-corrected chi connectivity index (χ4v) is 1.91. The van der Waals surface area contributed by atoms with Crippen molar-refractivity contribution in [1.29, 1.82) is 0 Å². The Kier molecular flexibility index (Phi) is 5.02. The fraction of sp³-hybridized carbons (Fsp3) is 0.154. The topological polar surface area (TPSA) is 162 Å². The third-order valence-electron chi connectivity index (χ3n) is 3.18. The maximum absolute atomic E-state index is 11.9. The normalized spacial score (nSPS) is 10.1. The van der Waals surface area contributed by atoms with E-state index in [4.69, 9.17) is 0 Å². The van der Waals surface area contributed by atoms with Gasteiger partial charge in [0.15, 0.2) is 12.4 Å². The van der Waals surface area contributed by atoms with Gasteiger partial charge in [-0.15, -0.1) is 0 Å². The minimum atomic E-state index is -0.709. The number of non-ortho nitro benzene ring substituents is 1. The number of nitrogens with one attached hydrogen (secondary N) is 2. The summed E-state index contributed by atoms with van der Waals surface area (Å²) in [5.41, 5.74) is 4.14. The van der Waals surface area contributed by atoms with Gasteiger partial charge in [0.1, 0.15) is 6.20 Å². The molecule has 2 rings (SSSR count). The summed E-state index contributed by atoms with van der Waals surface area (Å²) in [4.78, 5) is 47.5. The Morgan fingerprint density at radius 2 is 1.76 bits per heavy atom. The Bertz CT molecular complexity index is 843. The molecule has 0 unspecified atom stereocenters. The van der Waals surface area contributed by atoms with Crippen LogP contribution in [-0.4, -0.2) is 31.2 Å². The number of benzene rings is 1. The van der Waals surface area contributed by atoms with Crippen LogP contribution in [0.4, 0.5) is 11.5 Å². The van der Waals surface area contributed by atoms with E-state index >= 15 is 0 Å². The lowest BCUT2D eigenvalue weighted by atomic mass is 10.2. The van der Waals surface area contributed by atoms with Crippen LogP contribution in [0.2, 0.25) is 0 Å². The highest BCUT2D eigenvalue weighted by atomic mass is 16.6. The number of amides is 2. The van der Waals surface area contributed by atoms with Crippen molar-refractivity contribution in [1.82, 2.24) is 20.4 Å². The molecule has 25 heavy (non-hydrogen) atoms. The second kappa shape index (κ2) is 7.16. The number of hydrogen-bond donors (Lipinski definition) is 2. The molecule has 0 saturated heterocycles. The summed E-state index contributed by atoms with van der Waals surface area (Å²) < 4.78 is 1.08. The summed E-state index contributed by atoms with van der Waals surface area (Å²) >= 11 is 0. The van der Waals surface area contributed by atoms with Crippen LogP contribution >= 0.6 is 0 Å². The summed E-state index contributed by atoms with van der Waals surface area (Å²) in [6.45, 7) is 1.08. The minimum Gasteiger partial charge on any atom is -0.358 e. The van der Waals surface area contributed by atoms with Crippen molar-refractivity contribution in [3.05, 3.63) is 62.1 Å². The molecule has 12 heteroatoms. The fourth-order valence-electron chi connectivity index (χ4n) is 1.91. The van der Waals surface area contributed by atoms with Crippen molar-refractivity contribution in [2.45, 2.75) is 13.5 Å². The van der Waals surface area contributed by atoms with E-state index in [-0.39, 0.29) is 22.9 Å². The third-order valence-corrected chi connectivity index (χ3v) is 3.18. The van der Waals surface area contributed by atoms with Gasteiger partial charge in [-0.3, -0.25) is 30.6 Å². The van der Waals surface area contributed by atoms with Crippen molar-refractivity contribution in [2.75, 3.05) is 0 Å². The summed E-state index contributed by atoms with van der Waals surface area (Å²) in [5, 5.41) is 21.4. The first-order valence-electron chi connectivity index (χ1n) is 6.79. The number of imidazole rings is 1. The number of nitro benzene ring substituents is 1. The zero-order valence-corrected chi connectivity index (χ0v) is 12.8. The molecule has 2 aromatic rings. The average Bonchev–Trinajstić information content (AvgIpc) is 2.93. The number of nitro groups is 2. The van der Waals surface area contributed by atoms with Crippen molar-refractivity contribution in [2.24, 2.45) is 0 Å². The highest BCUT2D eigenvalue weighted by molar-refractivity contribution is 5.95. The second-order valence-electron chi connectivity index (χ2n) is 4.81. The van der Waals surface area contributed by atoms with Crippen LogP contribution in [0, 0.1) is 27.2 Å². The molecule has 2 N–H and O–H groups in total. The SMILES string of the molecule is Cc1ncc([N+](=O)[O-])n1CC(=O)NNC(=O)c1ccc([N+](=O)[O-])cc1. The van der Waals surface area contributed by atoms with E-state index in [9.17, 15) is 29.8 Å². The van der Waals surface area contributed by atoms with Gasteiger partial charge in [0.25, 0.3) is 17.5 Å². The number of hydrazine groups is 1. The first-order valence-corrected chi connectivity index (χ1v) is 6.79. The zero-order chi connectivity index (χ0) is 18.6. The van der Waals surface area contributed by atoms with Gasteiger partial charge in [-0.05, 0) is 17.1 Å². The van der Waals surface area contributed by atoms with Gasteiger partial charge >= 0.3 is 5.82 Å². The Balaban J connectivity index is 1.96. The molecule has 0 bridgehead atoms. The Labute approximate surface area is 139 Å². The smallest absolute Gasteiger partial charge is 0.343 e. The van der Waals surface area contributed by atoms with Crippen molar-refractivity contribution >= 4 is 23.3 Å². The highest BCUT2D eigenvalue weighted by Crippen LogP contribution is 2.13. The average molecular weight is 348 g/mol. The molecule has 0 atom stereocenters. The number of aryl methyl sites for hydroxylation is 1. The maximum atomic E-state index is 11.9. The van der Waals surface area contributed by atoms with Crippen LogP contribution in [-0.2, 0) is 11.3 Å². The minimum absolute atomic E-state index is 0.0932. The Morgan fingerprint density at radius 1 is 1.12 bits per heavy atom. The van der Waals surface area contributed by atoms with E-state index in [1.54, 1.807) is 0 Å². The van der Waals surface area contributed by atoms with Crippen LogP contribution in [0.15, 0.2) is 30.5 Å². The molecule has 0 fully saturated rings. The van der Waals surface area contributed by atoms with E-state index in [0.717, 1.165) is 22.9 Å². The lowest BCUT2D eigenvalue weighted by Crippen LogP contribution is -2.43. The number of carbonyl (C=O) groups excluding carboxylic acids is 2. The predicted molar refractivity (Wildman–Crippen MR) is 82.3 cm³/mol. The summed E-state index contributed by atoms with van der Waals surface area (Å²) in [6.07, 6.45) is 1.03. The maximum Gasteiger partial charge on any atom is 0.343 e. The van der Waals surface area contributed by atoms with Crippen LogP contribution in [0.3, 0.4) is 0 Å². The number of aromatic nitrogens is 2. The van der Waals surface area contributed by atoms with E-state index in [0.29, 0.717) is 0 Å². The molecule has 0 radical (unpaired) electrons. The lowest BCUT2D eigenvalue weighted by molar-refractivity contribution is -0.392. The lowest BCUT2D eigenvalue weighted by Gasteiger charge is -2.07. The first-order chi connectivity index (χ1) is 11.8. The predicted octanol–water partition coefficient (Wildman–Crippen LogP) is 0.469. The van der Waals surface area contributed by atoms with Crippen molar-refractivity contribution in [3.8, 4) is 0 Å². The molecule has 0 aliphatic carbocycles. The molecule has 1 aromatic carbocycles. The second-order valence-corrected chi connectivity index (χ2v) is 4.81. The molecule has 1 aromatic heterocycles. The van der Waals surface area contributed by atoms with Gasteiger partial charge in [0.2, 0.25) is 0 Å². The van der Waals surface area contributed by atoms with Crippen LogP contribution in [0.25, 0.3) is 0 Å². The Hall–Kier alpha value is -3.83. The zero-order valence-electron chi connectivity index (χ0n) is 12.8. The summed E-state index contributed by atoms with van der Waals surface area (Å²) in [7, 11) is 0. The van der Waals surface area contributed by atoms with E-state index in [1.807, 2.05) is 0 Å². The van der Waals surface area contributed by atoms with Gasteiger partial charge in [-0.2, -0.15) is 0 Å². The van der Waals surface area contributed by atoms with Gasteiger partial charge < -0.3 is 10.1 Å². The number of nitrogens with zero attached hydrogens (tertiary/aromatic N) is 4. The third kappa shape index (κ3) is 4.13. The molecule has 2 amide bonds. The van der Waals surface area contributed by atoms with E-state index in [2.05, 4.69) is 15.8 Å². The molecule has 130 valence electrons. The van der Waals surface area contributed by atoms with Gasteiger partial charge in [0, 0.05) is 24.6 Å². The number of carbonyl (C=O) groups is 2. The van der Waals surface area contributed by atoms with Crippen LogP contribution in [0.1, 0.15) is 16.2 Å². The highest BCUT2D eigenvalue weighted by Gasteiger charge is 2.20. The number of rotatable bonds is 5. The van der Waals surface area contributed by atoms with Crippen LogP contribution in [0.5, 0.6) is 0 Å². The molecular weight excluding hydrogens is 336 g/mol. The quantitative estimate of drug-likeness (QED) is 0.586. The number of hydrogen-bond acceptors (Lipinski definition) is 7. The monoisotopic (exact) mass is 348 g/mol. The van der Waals surface area contributed by atoms with Gasteiger partial charge in [-0.25, -0.2) is 9.55 Å². The molecule has 0 saturated carbocycles. The van der Waals surface area contributed by atoms with Crippen molar-refractivity contribution < 1.29 is 19.4 Å². The molecule has 12 nitrogen and oxygen atoms in total. The van der Waals surface area contributed by atoms with Gasteiger partial charge in [-0.1, -0.05) is 0 Å². The van der Waals surface area contributed by atoms with E-state index < -0.39 is 28.2 Å². The largest absolute Gasteiger partial charge is 0.358 e.